The SMILES string of the molecule is CC1Cc2cc(/C(O)=C3\C(=O)C(=O)N(CCCn4ccnc4)C3c3cccc(Cl)c3)ccc2O1. The predicted molar refractivity (Wildman–Crippen MR) is 128 cm³/mol. The van der Waals surface area contributed by atoms with Crippen molar-refractivity contribution in [3.63, 3.8) is 0 Å². The highest BCUT2D eigenvalue weighted by Crippen LogP contribution is 2.41. The van der Waals surface area contributed by atoms with Crippen LogP contribution in [0.4, 0.5) is 0 Å². The summed E-state index contributed by atoms with van der Waals surface area (Å²) in [6.07, 6.45) is 6.65. The molecule has 0 spiro atoms. The number of rotatable bonds is 6. The summed E-state index contributed by atoms with van der Waals surface area (Å²) >= 11 is 6.25. The molecule has 8 heteroatoms. The number of aryl methyl sites for hydroxylation is 1. The minimum absolute atomic E-state index is 0.0555. The molecule has 2 atom stereocenters. The number of imidazole rings is 1. The summed E-state index contributed by atoms with van der Waals surface area (Å²) in [6.45, 7) is 2.97. The lowest BCUT2D eigenvalue weighted by atomic mass is 9.94. The zero-order valence-corrected chi connectivity index (χ0v) is 19.4. The molecule has 7 nitrogen and oxygen atoms in total. The molecule has 1 aromatic heterocycles. The third-order valence-corrected chi connectivity index (χ3v) is 6.48. The lowest BCUT2D eigenvalue weighted by molar-refractivity contribution is -0.139. The van der Waals surface area contributed by atoms with Crippen molar-refractivity contribution in [1.29, 1.82) is 0 Å². The van der Waals surface area contributed by atoms with Crippen LogP contribution in [0.25, 0.3) is 5.76 Å². The second-order valence-corrected chi connectivity index (χ2v) is 9.09. The number of Topliss-reactive ketones (excluding diaryl/α,β-unsaturated/α-hetero) is 1. The number of fused-ring (bicyclic) bond motifs is 1. The molecule has 2 unspecified atom stereocenters. The van der Waals surface area contributed by atoms with Crippen LogP contribution < -0.4 is 4.74 Å². The molecule has 174 valence electrons. The Balaban J connectivity index is 1.53. The average molecular weight is 478 g/mol. The normalized spacial score (nSPS) is 21.1. The maximum Gasteiger partial charge on any atom is 0.295 e. The van der Waals surface area contributed by atoms with E-state index in [1.54, 1.807) is 42.9 Å². The zero-order chi connectivity index (χ0) is 23.8. The fourth-order valence-corrected chi connectivity index (χ4v) is 4.90. The Morgan fingerprint density at radius 3 is 2.82 bits per heavy atom. The summed E-state index contributed by atoms with van der Waals surface area (Å²) in [7, 11) is 0. The van der Waals surface area contributed by atoms with Gasteiger partial charge in [-0.3, -0.25) is 9.59 Å². The van der Waals surface area contributed by atoms with Gasteiger partial charge in [0, 0.05) is 42.5 Å². The van der Waals surface area contributed by atoms with Gasteiger partial charge in [0.1, 0.15) is 17.6 Å². The average Bonchev–Trinajstić information content (AvgIpc) is 3.52. The quantitative estimate of drug-likeness (QED) is 0.324. The van der Waals surface area contributed by atoms with E-state index in [0.717, 1.165) is 17.7 Å². The van der Waals surface area contributed by atoms with Crippen LogP contribution in [0.3, 0.4) is 0 Å². The van der Waals surface area contributed by atoms with Crippen molar-refractivity contribution in [2.45, 2.75) is 38.5 Å². The highest BCUT2D eigenvalue weighted by molar-refractivity contribution is 6.46. The lowest BCUT2D eigenvalue weighted by Gasteiger charge is -2.25. The van der Waals surface area contributed by atoms with Crippen LogP contribution >= 0.6 is 11.6 Å². The number of aliphatic hydroxyl groups excluding tert-OH is 1. The molecule has 0 bridgehead atoms. The second-order valence-electron chi connectivity index (χ2n) is 8.66. The van der Waals surface area contributed by atoms with Crippen molar-refractivity contribution in [1.82, 2.24) is 14.5 Å². The molecule has 1 N–H and O–H groups in total. The van der Waals surface area contributed by atoms with Crippen molar-refractivity contribution < 1.29 is 19.4 Å². The van der Waals surface area contributed by atoms with E-state index in [4.69, 9.17) is 16.3 Å². The molecule has 1 amide bonds. The van der Waals surface area contributed by atoms with Gasteiger partial charge in [0.05, 0.1) is 17.9 Å². The van der Waals surface area contributed by atoms with E-state index in [1.165, 1.54) is 4.90 Å². The molecule has 0 saturated carbocycles. The molecule has 1 fully saturated rings. The highest BCUT2D eigenvalue weighted by Gasteiger charge is 2.46. The van der Waals surface area contributed by atoms with Gasteiger partial charge in [-0.05, 0) is 54.8 Å². The first-order valence-electron chi connectivity index (χ1n) is 11.2. The number of ketones is 1. The van der Waals surface area contributed by atoms with E-state index >= 15 is 0 Å². The number of likely N-dealkylation sites (tertiary alicyclic amines) is 1. The van der Waals surface area contributed by atoms with Crippen LogP contribution in [0.5, 0.6) is 5.75 Å². The molecule has 2 aromatic carbocycles. The van der Waals surface area contributed by atoms with Gasteiger partial charge < -0.3 is 19.3 Å². The Bertz CT molecular complexity index is 1280. The van der Waals surface area contributed by atoms with Crippen LogP contribution in [-0.4, -0.2) is 43.9 Å². The molecule has 0 aliphatic carbocycles. The van der Waals surface area contributed by atoms with Crippen LogP contribution in [0, 0.1) is 0 Å². The minimum Gasteiger partial charge on any atom is -0.507 e. The van der Waals surface area contributed by atoms with Crippen LogP contribution in [0.15, 0.2) is 66.8 Å². The van der Waals surface area contributed by atoms with Crippen molar-refractivity contribution in [3.8, 4) is 5.75 Å². The third-order valence-electron chi connectivity index (χ3n) is 6.25. The van der Waals surface area contributed by atoms with Gasteiger partial charge in [0.2, 0.25) is 0 Å². The van der Waals surface area contributed by atoms with Crippen molar-refractivity contribution in [2.75, 3.05) is 6.54 Å². The van der Waals surface area contributed by atoms with E-state index in [1.807, 2.05) is 29.8 Å². The van der Waals surface area contributed by atoms with Gasteiger partial charge in [0.25, 0.3) is 11.7 Å². The molecule has 34 heavy (non-hydrogen) atoms. The molecule has 3 heterocycles. The highest BCUT2D eigenvalue weighted by atomic mass is 35.5. The van der Waals surface area contributed by atoms with Gasteiger partial charge >= 0.3 is 0 Å². The van der Waals surface area contributed by atoms with E-state index in [9.17, 15) is 14.7 Å². The number of amides is 1. The predicted octanol–water partition coefficient (Wildman–Crippen LogP) is 4.37. The fraction of sp³-hybridized carbons (Fsp3) is 0.269. The topological polar surface area (TPSA) is 84.7 Å². The number of halogens is 1. The van der Waals surface area contributed by atoms with Crippen LogP contribution in [0.1, 0.15) is 36.1 Å². The summed E-state index contributed by atoms with van der Waals surface area (Å²) < 4.78 is 7.67. The monoisotopic (exact) mass is 477 g/mol. The summed E-state index contributed by atoms with van der Waals surface area (Å²) in [5.41, 5.74) is 2.20. The molecule has 2 aliphatic rings. The Morgan fingerprint density at radius 2 is 2.06 bits per heavy atom. The first kappa shape index (κ1) is 22.2. The Labute approximate surface area is 202 Å². The number of ether oxygens (including phenoxy) is 1. The number of hydrogen-bond acceptors (Lipinski definition) is 5. The van der Waals surface area contributed by atoms with E-state index in [0.29, 0.717) is 35.7 Å². The Kier molecular flexibility index (Phi) is 5.87. The number of aliphatic hydroxyl groups is 1. The van der Waals surface area contributed by atoms with Gasteiger partial charge in [-0.15, -0.1) is 0 Å². The summed E-state index contributed by atoms with van der Waals surface area (Å²) in [4.78, 5) is 31.9. The van der Waals surface area contributed by atoms with E-state index in [-0.39, 0.29) is 17.4 Å². The van der Waals surface area contributed by atoms with Crippen LogP contribution in [0.2, 0.25) is 5.02 Å². The number of benzene rings is 2. The largest absolute Gasteiger partial charge is 0.507 e. The number of carbonyl (C=O) groups excluding carboxylic acids is 2. The number of carbonyl (C=O) groups is 2. The first-order valence-corrected chi connectivity index (χ1v) is 11.6. The minimum atomic E-state index is -0.732. The lowest BCUT2D eigenvalue weighted by Crippen LogP contribution is -2.31. The van der Waals surface area contributed by atoms with Crippen LogP contribution in [-0.2, 0) is 22.6 Å². The maximum atomic E-state index is 13.2. The summed E-state index contributed by atoms with van der Waals surface area (Å²) in [5, 5.41) is 11.8. The third kappa shape index (κ3) is 4.07. The first-order chi connectivity index (χ1) is 16.4. The molecule has 1 saturated heterocycles. The summed E-state index contributed by atoms with van der Waals surface area (Å²) in [6, 6.07) is 11.7. The molecular formula is C26H24ClN3O4. The summed E-state index contributed by atoms with van der Waals surface area (Å²) in [5.74, 6) is -0.747. The van der Waals surface area contributed by atoms with Gasteiger partial charge in [-0.25, -0.2) is 4.98 Å². The Hall–Kier alpha value is -3.58. The van der Waals surface area contributed by atoms with Crippen molar-refractivity contribution in [3.05, 3.63) is 88.5 Å². The fourth-order valence-electron chi connectivity index (χ4n) is 4.70. The number of aromatic nitrogens is 2. The molecule has 3 aromatic rings. The second kappa shape index (κ2) is 8.99. The smallest absolute Gasteiger partial charge is 0.295 e. The van der Waals surface area contributed by atoms with E-state index in [2.05, 4.69) is 4.98 Å². The standard InChI is InChI=1S/C26H24ClN3O4/c1-16-12-19-13-18(6-7-21(19)34-16)24(31)22-23(17-4-2-5-20(27)14-17)30(26(33)25(22)32)10-3-9-29-11-8-28-15-29/h2,4-8,11,13-16,23,31H,3,9-10,12H2,1H3/b24-22+. The maximum absolute atomic E-state index is 13.2. The van der Waals surface area contributed by atoms with E-state index < -0.39 is 17.7 Å². The molecule has 5 rings (SSSR count). The molecular weight excluding hydrogens is 454 g/mol. The molecule has 2 aliphatic heterocycles. The van der Waals surface area contributed by atoms with Crippen molar-refractivity contribution >= 4 is 29.1 Å². The van der Waals surface area contributed by atoms with Gasteiger partial charge in [0.15, 0.2) is 0 Å². The van der Waals surface area contributed by atoms with Gasteiger partial charge in [-0.1, -0.05) is 23.7 Å². The van der Waals surface area contributed by atoms with Crippen molar-refractivity contribution in [2.24, 2.45) is 0 Å². The number of nitrogens with zero attached hydrogens (tertiary/aromatic N) is 3. The van der Waals surface area contributed by atoms with Gasteiger partial charge in [-0.2, -0.15) is 0 Å². The zero-order valence-electron chi connectivity index (χ0n) is 18.6. The number of hydrogen-bond donors (Lipinski definition) is 1. The Morgan fingerprint density at radius 1 is 1.21 bits per heavy atom. The molecule has 0 radical (unpaired) electrons.